The van der Waals surface area contributed by atoms with E-state index >= 15 is 0 Å². The van der Waals surface area contributed by atoms with E-state index in [0.717, 1.165) is 21.4 Å². The zero-order valence-corrected chi connectivity index (χ0v) is 11.5. The highest BCUT2D eigenvalue weighted by Crippen LogP contribution is 2.24. The number of nitrogens with zero attached hydrogens (tertiary/aromatic N) is 2. The SMILES string of the molecule is Cc1cc(Cl)nc(CSc2cccc(Cl)c2)n1. The van der Waals surface area contributed by atoms with E-state index in [1.807, 2.05) is 31.2 Å². The normalized spacial score (nSPS) is 10.5. The molecular formula is C12H10Cl2N2S. The molecule has 0 atom stereocenters. The number of rotatable bonds is 3. The Hall–Kier alpha value is -0.770. The van der Waals surface area contributed by atoms with Gasteiger partial charge in [0.15, 0.2) is 0 Å². The molecule has 0 aliphatic carbocycles. The first kappa shape index (κ1) is 12.7. The Labute approximate surface area is 114 Å². The molecule has 1 aromatic carbocycles. The summed E-state index contributed by atoms with van der Waals surface area (Å²) in [5.74, 6) is 1.42. The molecule has 2 aromatic rings. The van der Waals surface area contributed by atoms with Gasteiger partial charge in [0.1, 0.15) is 11.0 Å². The van der Waals surface area contributed by atoms with Crippen LogP contribution in [0.15, 0.2) is 35.2 Å². The minimum atomic E-state index is 0.485. The van der Waals surface area contributed by atoms with Gasteiger partial charge < -0.3 is 0 Å². The maximum atomic E-state index is 5.91. The average molecular weight is 285 g/mol. The molecule has 0 N–H and O–H groups in total. The molecule has 17 heavy (non-hydrogen) atoms. The standard InChI is InChI=1S/C12H10Cl2N2S/c1-8-5-11(14)16-12(15-8)7-17-10-4-2-3-9(13)6-10/h2-6H,7H2,1H3. The van der Waals surface area contributed by atoms with Crippen molar-refractivity contribution in [1.29, 1.82) is 0 Å². The zero-order chi connectivity index (χ0) is 12.3. The van der Waals surface area contributed by atoms with Crippen molar-refractivity contribution < 1.29 is 0 Å². The van der Waals surface area contributed by atoms with Crippen LogP contribution in [0.2, 0.25) is 10.2 Å². The second-order valence-electron chi connectivity index (χ2n) is 3.49. The van der Waals surface area contributed by atoms with Crippen LogP contribution < -0.4 is 0 Å². The van der Waals surface area contributed by atoms with Gasteiger partial charge in [-0.2, -0.15) is 0 Å². The lowest BCUT2D eigenvalue weighted by atomic mass is 10.4. The number of aryl methyl sites for hydroxylation is 1. The Morgan fingerprint density at radius 2 is 2.00 bits per heavy atom. The van der Waals surface area contributed by atoms with Crippen molar-refractivity contribution in [3.05, 3.63) is 52.0 Å². The molecule has 0 amide bonds. The van der Waals surface area contributed by atoms with Crippen molar-refractivity contribution in [2.24, 2.45) is 0 Å². The van der Waals surface area contributed by atoms with E-state index in [0.29, 0.717) is 10.9 Å². The maximum absolute atomic E-state index is 5.91. The highest BCUT2D eigenvalue weighted by molar-refractivity contribution is 7.98. The van der Waals surface area contributed by atoms with Crippen LogP contribution in [0.5, 0.6) is 0 Å². The van der Waals surface area contributed by atoms with Gasteiger partial charge in [-0.1, -0.05) is 29.3 Å². The molecule has 5 heteroatoms. The summed E-state index contributed by atoms with van der Waals surface area (Å²) in [5.41, 5.74) is 0.881. The molecule has 1 heterocycles. The topological polar surface area (TPSA) is 25.8 Å². The van der Waals surface area contributed by atoms with Gasteiger partial charge in [-0.15, -0.1) is 11.8 Å². The molecule has 0 aliphatic rings. The molecule has 0 bridgehead atoms. The highest BCUT2D eigenvalue weighted by Gasteiger charge is 2.02. The molecule has 0 fully saturated rings. The van der Waals surface area contributed by atoms with Crippen LogP contribution in [-0.2, 0) is 5.75 Å². The molecule has 2 rings (SSSR count). The maximum Gasteiger partial charge on any atom is 0.140 e. The summed E-state index contributed by atoms with van der Waals surface area (Å²) < 4.78 is 0. The molecule has 0 spiro atoms. The number of hydrogen-bond donors (Lipinski definition) is 0. The van der Waals surface area contributed by atoms with E-state index in [-0.39, 0.29) is 0 Å². The van der Waals surface area contributed by atoms with E-state index in [1.54, 1.807) is 17.8 Å². The van der Waals surface area contributed by atoms with Crippen molar-refractivity contribution in [1.82, 2.24) is 9.97 Å². The van der Waals surface area contributed by atoms with Crippen molar-refractivity contribution in [2.75, 3.05) is 0 Å². The van der Waals surface area contributed by atoms with E-state index in [4.69, 9.17) is 23.2 Å². The van der Waals surface area contributed by atoms with Gasteiger partial charge in [-0.3, -0.25) is 0 Å². The molecule has 88 valence electrons. The van der Waals surface area contributed by atoms with Gasteiger partial charge in [0.05, 0.1) is 5.75 Å². The van der Waals surface area contributed by atoms with Crippen LogP contribution in [0.1, 0.15) is 11.5 Å². The summed E-state index contributed by atoms with van der Waals surface area (Å²) in [6.07, 6.45) is 0. The van der Waals surface area contributed by atoms with Crippen molar-refractivity contribution >= 4 is 35.0 Å². The molecule has 0 aliphatic heterocycles. The summed E-state index contributed by atoms with van der Waals surface area (Å²) in [6.45, 7) is 1.90. The highest BCUT2D eigenvalue weighted by atomic mass is 35.5. The van der Waals surface area contributed by atoms with Crippen molar-refractivity contribution in [2.45, 2.75) is 17.6 Å². The van der Waals surface area contributed by atoms with Crippen LogP contribution in [0.3, 0.4) is 0 Å². The summed E-state index contributed by atoms with van der Waals surface area (Å²) in [5, 5.41) is 1.22. The molecule has 2 nitrogen and oxygen atoms in total. The van der Waals surface area contributed by atoms with Crippen molar-refractivity contribution in [3.63, 3.8) is 0 Å². The van der Waals surface area contributed by atoms with Gasteiger partial charge in [0.2, 0.25) is 0 Å². The number of halogens is 2. The third-order valence-electron chi connectivity index (χ3n) is 2.03. The van der Waals surface area contributed by atoms with Crippen LogP contribution in [0, 0.1) is 6.92 Å². The average Bonchev–Trinajstić information content (AvgIpc) is 2.25. The fourth-order valence-corrected chi connectivity index (χ4v) is 2.68. The van der Waals surface area contributed by atoms with Crippen LogP contribution in [-0.4, -0.2) is 9.97 Å². The lowest BCUT2D eigenvalue weighted by Gasteiger charge is -2.03. The summed E-state index contributed by atoms with van der Waals surface area (Å²) in [6, 6.07) is 9.45. The summed E-state index contributed by atoms with van der Waals surface area (Å²) >= 11 is 13.4. The largest absolute Gasteiger partial charge is 0.237 e. The predicted molar refractivity (Wildman–Crippen MR) is 72.8 cm³/mol. The second-order valence-corrected chi connectivity index (χ2v) is 5.37. The quantitative estimate of drug-likeness (QED) is 0.618. The fourth-order valence-electron chi connectivity index (χ4n) is 1.36. The third kappa shape index (κ3) is 3.87. The first-order chi connectivity index (χ1) is 8.13. The summed E-state index contributed by atoms with van der Waals surface area (Å²) in [7, 11) is 0. The second kappa shape index (κ2) is 5.71. The molecular weight excluding hydrogens is 275 g/mol. The number of benzene rings is 1. The predicted octanol–water partition coefficient (Wildman–Crippen LogP) is 4.38. The van der Waals surface area contributed by atoms with Crippen LogP contribution >= 0.6 is 35.0 Å². The number of hydrogen-bond acceptors (Lipinski definition) is 3. The van der Waals surface area contributed by atoms with E-state index < -0.39 is 0 Å². The van der Waals surface area contributed by atoms with Gasteiger partial charge >= 0.3 is 0 Å². The monoisotopic (exact) mass is 284 g/mol. The van der Waals surface area contributed by atoms with Gasteiger partial charge in [0.25, 0.3) is 0 Å². The Morgan fingerprint density at radius 1 is 1.18 bits per heavy atom. The fraction of sp³-hybridized carbons (Fsp3) is 0.167. The van der Waals surface area contributed by atoms with Crippen LogP contribution in [0.25, 0.3) is 0 Å². The van der Waals surface area contributed by atoms with Gasteiger partial charge in [-0.05, 0) is 31.2 Å². The smallest absolute Gasteiger partial charge is 0.140 e. The Morgan fingerprint density at radius 3 is 2.71 bits per heavy atom. The molecule has 0 saturated carbocycles. The van der Waals surface area contributed by atoms with Crippen molar-refractivity contribution in [3.8, 4) is 0 Å². The molecule has 0 radical (unpaired) electrons. The lowest BCUT2D eigenvalue weighted by Crippen LogP contribution is -1.95. The van der Waals surface area contributed by atoms with E-state index in [2.05, 4.69) is 9.97 Å². The van der Waals surface area contributed by atoms with Gasteiger partial charge in [-0.25, -0.2) is 9.97 Å². The number of aromatic nitrogens is 2. The molecule has 0 saturated heterocycles. The Bertz CT molecular complexity index is 511. The first-order valence-electron chi connectivity index (χ1n) is 5.02. The third-order valence-corrected chi connectivity index (χ3v) is 3.45. The molecule has 1 aromatic heterocycles. The van der Waals surface area contributed by atoms with E-state index in [9.17, 15) is 0 Å². The Balaban J connectivity index is 2.07. The Kier molecular flexibility index (Phi) is 4.26. The van der Waals surface area contributed by atoms with Crippen LogP contribution in [0.4, 0.5) is 0 Å². The molecule has 0 unspecified atom stereocenters. The minimum absolute atomic E-state index is 0.485. The lowest BCUT2D eigenvalue weighted by molar-refractivity contribution is 0.996. The first-order valence-corrected chi connectivity index (χ1v) is 6.76. The number of thioether (sulfide) groups is 1. The summed E-state index contributed by atoms with van der Waals surface area (Å²) in [4.78, 5) is 9.59. The van der Waals surface area contributed by atoms with E-state index in [1.165, 1.54) is 0 Å². The zero-order valence-electron chi connectivity index (χ0n) is 9.15. The minimum Gasteiger partial charge on any atom is -0.237 e. The van der Waals surface area contributed by atoms with Gasteiger partial charge in [0, 0.05) is 15.6 Å².